The van der Waals surface area contributed by atoms with E-state index in [4.69, 9.17) is 11.6 Å². The number of aromatic nitrogens is 2. The molecule has 2 rings (SSSR count). The maximum absolute atomic E-state index is 12.6. The van der Waals surface area contributed by atoms with Crippen LogP contribution in [-0.2, 0) is 6.54 Å². The zero-order valence-electron chi connectivity index (χ0n) is 12.0. The molecule has 6 heteroatoms. The zero-order valence-corrected chi connectivity index (χ0v) is 12.8. The molecule has 1 N–H and O–H groups in total. The van der Waals surface area contributed by atoms with Gasteiger partial charge in [-0.25, -0.2) is 4.98 Å². The second-order valence-corrected chi connectivity index (χ2v) is 4.86. The third-order valence-electron chi connectivity index (χ3n) is 3.10. The van der Waals surface area contributed by atoms with Crippen molar-refractivity contribution in [2.24, 2.45) is 0 Å². The molecule has 0 aliphatic rings. The maximum atomic E-state index is 12.6. The number of pyridine rings is 2. The molecule has 0 fully saturated rings. The molecule has 5 nitrogen and oxygen atoms in total. The molecule has 2 aromatic rings. The van der Waals surface area contributed by atoms with Crippen LogP contribution in [0.5, 0.6) is 0 Å². The number of hydrogen-bond donors (Lipinski definition) is 1. The number of carbonyl (C=O) groups excluding carboxylic acids is 1. The first-order valence-electron chi connectivity index (χ1n) is 6.68. The predicted octanol–water partition coefficient (Wildman–Crippen LogP) is 2.83. The number of anilines is 1. The number of halogens is 1. The number of nitrogens with one attached hydrogen (secondary N) is 1. The minimum absolute atomic E-state index is 0.184. The van der Waals surface area contributed by atoms with Crippen LogP contribution in [-0.4, -0.2) is 34.4 Å². The molecule has 21 heavy (non-hydrogen) atoms. The first kappa shape index (κ1) is 15.3. The molecule has 0 bridgehead atoms. The van der Waals surface area contributed by atoms with E-state index in [-0.39, 0.29) is 11.6 Å². The smallest absolute Gasteiger partial charge is 0.274 e. The molecule has 2 aromatic heterocycles. The predicted molar refractivity (Wildman–Crippen MR) is 83.4 cm³/mol. The fourth-order valence-electron chi connectivity index (χ4n) is 1.92. The van der Waals surface area contributed by atoms with E-state index in [1.807, 2.05) is 19.1 Å². The van der Waals surface area contributed by atoms with E-state index in [0.29, 0.717) is 23.9 Å². The van der Waals surface area contributed by atoms with Crippen LogP contribution in [0, 0.1) is 0 Å². The quantitative estimate of drug-likeness (QED) is 0.923. The minimum atomic E-state index is -0.184. The van der Waals surface area contributed by atoms with Gasteiger partial charge < -0.3 is 10.2 Å². The van der Waals surface area contributed by atoms with Crippen molar-refractivity contribution in [2.75, 3.05) is 18.9 Å². The van der Waals surface area contributed by atoms with Crippen LogP contribution < -0.4 is 5.32 Å². The van der Waals surface area contributed by atoms with E-state index < -0.39 is 0 Å². The van der Waals surface area contributed by atoms with Gasteiger partial charge in [-0.2, -0.15) is 0 Å². The SMILES string of the molecule is CCN(Cc1ccncc1)C(=O)c1nc(NC)ccc1Cl. The molecule has 0 unspecified atom stereocenters. The van der Waals surface area contributed by atoms with Gasteiger partial charge in [0, 0.05) is 32.5 Å². The topological polar surface area (TPSA) is 58.1 Å². The summed E-state index contributed by atoms with van der Waals surface area (Å²) in [5.41, 5.74) is 1.28. The highest BCUT2D eigenvalue weighted by Crippen LogP contribution is 2.19. The highest BCUT2D eigenvalue weighted by molar-refractivity contribution is 6.33. The Morgan fingerprint density at radius 2 is 2.00 bits per heavy atom. The van der Waals surface area contributed by atoms with Gasteiger partial charge >= 0.3 is 0 Å². The first-order chi connectivity index (χ1) is 10.2. The Kier molecular flexibility index (Phi) is 5.11. The number of carbonyl (C=O) groups is 1. The maximum Gasteiger partial charge on any atom is 0.274 e. The monoisotopic (exact) mass is 304 g/mol. The van der Waals surface area contributed by atoms with Gasteiger partial charge in [-0.3, -0.25) is 9.78 Å². The van der Waals surface area contributed by atoms with Gasteiger partial charge in [-0.15, -0.1) is 0 Å². The molecule has 0 radical (unpaired) electrons. The summed E-state index contributed by atoms with van der Waals surface area (Å²) in [5.74, 6) is 0.430. The second kappa shape index (κ2) is 7.04. The highest BCUT2D eigenvalue weighted by atomic mass is 35.5. The Morgan fingerprint density at radius 1 is 1.29 bits per heavy atom. The summed E-state index contributed by atoms with van der Waals surface area (Å²) in [6.07, 6.45) is 3.42. The molecule has 0 saturated heterocycles. The van der Waals surface area contributed by atoms with E-state index in [1.165, 1.54) is 0 Å². The Bertz CT molecular complexity index is 618. The van der Waals surface area contributed by atoms with Crippen molar-refractivity contribution in [2.45, 2.75) is 13.5 Å². The summed E-state index contributed by atoms with van der Waals surface area (Å²) >= 11 is 6.10. The molecule has 0 atom stereocenters. The average Bonchev–Trinajstić information content (AvgIpc) is 2.53. The summed E-state index contributed by atoms with van der Waals surface area (Å²) in [4.78, 5) is 22.5. The number of nitrogens with zero attached hydrogens (tertiary/aromatic N) is 3. The van der Waals surface area contributed by atoms with Crippen LogP contribution in [0.25, 0.3) is 0 Å². The van der Waals surface area contributed by atoms with Gasteiger partial charge in [-0.1, -0.05) is 11.6 Å². The average molecular weight is 305 g/mol. The molecule has 0 aliphatic heterocycles. The minimum Gasteiger partial charge on any atom is -0.373 e. The van der Waals surface area contributed by atoms with Crippen LogP contribution in [0.4, 0.5) is 5.82 Å². The fraction of sp³-hybridized carbons (Fsp3) is 0.267. The molecular formula is C15H17ClN4O. The lowest BCUT2D eigenvalue weighted by Gasteiger charge is -2.21. The van der Waals surface area contributed by atoms with Crippen LogP contribution in [0.1, 0.15) is 23.0 Å². The van der Waals surface area contributed by atoms with Crippen LogP contribution >= 0.6 is 11.6 Å². The fourth-order valence-corrected chi connectivity index (χ4v) is 2.10. The van der Waals surface area contributed by atoms with Crippen LogP contribution in [0.2, 0.25) is 5.02 Å². The van der Waals surface area contributed by atoms with Crippen LogP contribution in [0.3, 0.4) is 0 Å². The Hall–Kier alpha value is -2.14. The highest BCUT2D eigenvalue weighted by Gasteiger charge is 2.19. The van der Waals surface area contributed by atoms with Gasteiger partial charge in [0.2, 0.25) is 0 Å². The molecule has 0 aromatic carbocycles. The van der Waals surface area contributed by atoms with Crippen molar-refractivity contribution in [1.29, 1.82) is 0 Å². The largest absolute Gasteiger partial charge is 0.373 e. The summed E-state index contributed by atoms with van der Waals surface area (Å²) in [6, 6.07) is 7.18. The lowest BCUT2D eigenvalue weighted by molar-refractivity contribution is 0.0747. The molecule has 0 saturated carbocycles. The van der Waals surface area contributed by atoms with Gasteiger partial charge in [-0.05, 0) is 36.8 Å². The Balaban J connectivity index is 2.24. The Morgan fingerprint density at radius 3 is 2.62 bits per heavy atom. The molecule has 0 aliphatic carbocycles. The molecular weight excluding hydrogens is 288 g/mol. The summed E-state index contributed by atoms with van der Waals surface area (Å²) < 4.78 is 0. The number of amides is 1. The van der Waals surface area contributed by atoms with Gasteiger partial charge in [0.15, 0.2) is 0 Å². The van der Waals surface area contributed by atoms with E-state index in [0.717, 1.165) is 5.56 Å². The van der Waals surface area contributed by atoms with Crippen molar-refractivity contribution < 1.29 is 4.79 Å². The summed E-state index contributed by atoms with van der Waals surface area (Å²) in [6.45, 7) is 3.00. The van der Waals surface area contributed by atoms with Crippen molar-refractivity contribution in [3.63, 3.8) is 0 Å². The van der Waals surface area contributed by atoms with Crippen LogP contribution in [0.15, 0.2) is 36.7 Å². The first-order valence-corrected chi connectivity index (χ1v) is 7.06. The van der Waals surface area contributed by atoms with Crippen molar-refractivity contribution in [1.82, 2.24) is 14.9 Å². The third-order valence-corrected chi connectivity index (χ3v) is 3.40. The van der Waals surface area contributed by atoms with E-state index in [1.54, 1.807) is 36.5 Å². The van der Waals surface area contributed by atoms with Gasteiger partial charge in [0.25, 0.3) is 5.91 Å². The lowest BCUT2D eigenvalue weighted by atomic mass is 10.2. The van der Waals surface area contributed by atoms with Gasteiger partial charge in [0.05, 0.1) is 5.02 Å². The van der Waals surface area contributed by atoms with E-state index >= 15 is 0 Å². The Labute approximate surface area is 129 Å². The van der Waals surface area contributed by atoms with E-state index in [9.17, 15) is 4.79 Å². The second-order valence-electron chi connectivity index (χ2n) is 4.45. The number of rotatable bonds is 5. The summed E-state index contributed by atoms with van der Waals surface area (Å²) in [7, 11) is 1.75. The zero-order chi connectivity index (χ0) is 15.2. The standard InChI is InChI=1S/C15H17ClN4O/c1-3-20(10-11-6-8-18-9-7-11)15(21)14-12(16)4-5-13(17-2)19-14/h4-9H,3,10H2,1-2H3,(H,17,19). The van der Waals surface area contributed by atoms with Gasteiger partial charge in [0.1, 0.15) is 11.5 Å². The molecule has 1 amide bonds. The van der Waals surface area contributed by atoms with Crippen molar-refractivity contribution in [3.8, 4) is 0 Å². The molecule has 110 valence electrons. The third kappa shape index (κ3) is 3.70. The number of hydrogen-bond acceptors (Lipinski definition) is 4. The van der Waals surface area contributed by atoms with E-state index in [2.05, 4.69) is 15.3 Å². The normalized spacial score (nSPS) is 10.2. The molecule has 0 spiro atoms. The summed E-state index contributed by atoms with van der Waals surface area (Å²) in [5, 5.41) is 3.26. The lowest BCUT2D eigenvalue weighted by Crippen LogP contribution is -2.31. The molecule has 2 heterocycles. The van der Waals surface area contributed by atoms with Crippen molar-refractivity contribution >= 4 is 23.3 Å². The van der Waals surface area contributed by atoms with Crippen molar-refractivity contribution in [3.05, 3.63) is 52.9 Å².